The fourth-order valence-corrected chi connectivity index (χ4v) is 4.32. The summed E-state index contributed by atoms with van der Waals surface area (Å²) in [4.78, 5) is 0. The molecule has 176 valence electrons. The summed E-state index contributed by atoms with van der Waals surface area (Å²) in [6, 6.07) is 22.2. The Labute approximate surface area is 201 Å². The molecule has 0 aliphatic rings. The molecule has 3 aromatic carbocycles. The molecule has 3 aromatic rings. The van der Waals surface area contributed by atoms with Crippen LogP contribution in [0, 0.1) is 6.92 Å². The van der Waals surface area contributed by atoms with Gasteiger partial charge in [-0.05, 0) is 74.4 Å². The van der Waals surface area contributed by atoms with Crippen LogP contribution < -0.4 is 9.47 Å². The second-order valence-corrected chi connectivity index (χ2v) is 10.1. The molecule has 2 nitrogen and oxygen atoms in total. The predicted octanol–water partition coefficient (Wildman–Crippen LogP) is 8.22. The first-order valence-corrected chi connectivity index (χ1v) is 12.2. The van der Waals surface area contributed by atoms with E-state index in [0.717, 1.165) is 17.9 Å². The Kier molecular flexibility index (Phi) is 7.89. The number of ether oxygens (including phenoxy) is 2. The van der Waals surface area contributed by atoms with Crippen molar-refractivity contribution < 1.29 is 9.47 Å². The topological polar surface area (TPSA) is 18.5 Å². The lowest BCUT2D eigenvalue weighted by Crippen LogP contribution is -2.22. The van der Waals surface area contributed by atoms with Gasteiger partial charge in [0.15, 0.2) is 0 Å². The van der Waals surface area contributed by atoms with Crippen LogP contribution in [0.5, 0.6) is 11.5 Å². The van der Waals surface area contributed by atoms with E-state index in [9.17, 15) is 0 Å². The highest BCUT2D eigenvalue weighted by atomic mass is 16.5. The van der Waals surface area contributed by atoms with Crippen LogP contribution in [-0.2, 0) is 11.8 Å². The molecule has 0 aliphatic heterocycles. The monoisotopic (exact) mass is 444 g/mol. The molecule has 0 N–H and O–H groups in total. The Balaban J connectivity index is 2.02. The summed E-state index contributed by atoms with van der Waals surface area (Å²) in [7, 11) is 0. The van der Waals surface area contributed by atoms with E-state index in [-0.39, 0.29) is 11.5 Å². The van der Waals surface area contributed by atoms with Gasteiger partial charge in [-0.3, -0.25) is 0 Å². The summed E-state index contributed by atoms with van der Waals surface area (Å²) in [5.41, 5.74) is 7.32. The lowest BCUT2D eigenvalue weighted by atomic mass is 9.76. The molecule has 0 bridgehead atoms. The van der Waals surface area contributed by atoms with Gasteiger partial charge >= 0.3 is 0 Å². The standard InChI is InChI=1S/C31H40O2/c1-9-32-29-20-26(15-16-27(29)21(2)3)31(7,8)28-17-14-25(19-30(28)33-22(4)5)18-24-12-10-23(6)11-13-24/h10-17,19-22H,9,18H2,1-8H3. The average molecular weight is 445 g/mol. The Morgan fingerprint density at radius 1 is 0.788 bits per heavy atom. The normalized spacial score (nSPS) is 11.8. The van der Waals surface area contributed by atoms with Crippen LogP contribution in [0.15, 0.2) is 60.7 Å². The van der Waals surface area contributed by atoms with Gasteiger partial charge in [0.1, 0.15) is 11.5 Å². The van der Waals surface area contributed by atoms with Gasteiger partial charge in [-0.1, -0.05) is 81.8 Å². The van der Waals surface area contributed by atoms with E-state index in [1.54, 1.807) is 0 Å². The molecule has 0 unspecified atom stereocenters. The number of rotatable bonds is 9. The molecule has 0 spiro atoms. The van der Waals surface area contributed by atoms with Gasteiger partial charge in [0.05, 0.1) is 12.7 Å². The minimum atomic E-state index is -0.228. The Morgan fingerprint density at radius 3 is 2.06 bits per heavy atom. The lowest BCUT2D eigenvalue weighted by molar-refractivity contribution is 0.237. The van der Waals surface area contributed by atoms with Crippen LogP contribution in [-0.4, -0.2) is 12.7 Å². The number of benzene rings is 3. The zero-order valence-electron chi connectivity index (χ0n) is 21.7. The largest absolute Gasteiger partial charge is 0.494 e. The van der Waals surface area contributed by atoms with Crippen molar-refractivity contribution in [1.82, 2.24) is 0 Å². The molecule has 0 aromatic heterocycles. The summed E-state index contributed by atoms with van der Waals surface area (Å²) >= 11 is 0. The highest BCUT2D eigenvalue weighted by Gasteiger charge is 2.28. The molecule has 0 heterocycles. The van der Waals surface area contributed by atoms with Gasteiger partial charge in [0.25, 0.3) is 0 Å². The van der Waals surface area contributed by atoms with Crippen molar-refractivity contribution in [2.45, 2.75) is 79.2 Å². The van der Waals surface area contributed by atoms with Crippen molar-refractivity contribution in [1.29, 1.82) is 0 Å². The molecule has 33 heavy (non-hydrogen) atoms. The molecule has 2 heteroatoms. The van der Waals surface area contributed by atoms with E-state index in [0.29, 0.717) is 12.5 Å². The van der Waals surface area contributed by atoms with Gasteiger partial charge in [-0.2, -0.15) is 0 Å². The first kappa shape index (κ1) is 24.9. The van der Waals surface area contributed by atoms with Crippen molar-refractivity contribution in [3.05, 3.63) is 94.0 Å². The van der Waals surface area contributed by atoms with Crippen molar-refractivity contribution in [2.75, 3.05) is 6.61 Å². The zero-order valence-corrected chi connectivity index (χ0v) is 21.7. The molecule has 0 saturated heterocycles. The predicted molar refractivity (Wildman–Crippen MR) is 140 cm³/mol. The lowest BCUT2D eigenvalue weighted by Gasteiger charge is -2.30. The molecular formula is C31H40O2. The fourth-order valence-electron chi connectivity index (χ4n) is 4.32. The average Bonchev–Trinajstić information content (AvgIpc) is 2.75. The molecule has 3 rings (SSSR count). The third-order valence-electron chi connectivity index (χ3n) is 6.27. The first-order chi connectivity index (χ1) is 15.6. The van der Waals surface area contributed by atoms with E-state index < -0.39 is 0 Å². The van der Waals surface area contributed by atoms with E-state index in [4.69, 9.17) is 9.47 Å². The molecule has 0 fully saturated rings. The van der Waals surface area contributed by atoms with Gasteiger partial charge in [-0.25, -0.2) is 0 Å². The summed E-state index contributed by atoms with van der Waals surface area (Å²) in [5, 5.41) is 0. The quantitative estimate of drug-likeness (QED) is 0.331. The van der Waals surface area contributed by atoms with Crippen LogP contribution in [0.4, 0.5) is 0 Å². The number of hydrogen-bond donors (Lipinski definition) is 0. The molecule has 0 saturated carbocycles. The Hall–Kier alpha value is -2.74. The molecular weight excluding hydrogens is 404 g/mol. The Morgan fingerprint density at radius 2 is 1.45 bits per heavy atom. The summed E-state index contributed by atoms with van der Waals surface area (Å²) in [6.45, 7) is 18.0. The van der Waals surface area contributed by atoms with Gasteiger partial charge in [-0.15, -0.1) is 0 Å². The third-order valence-corrected chi connectivity index (χ3v) is 6.27. The van der Waals surface area contributed by atoms with E-state index in [1.165, 1.54) is 33.4 Å². The van der Waals surface area contributed by atoms with Gasteiger partial charge < -0.3 is 9.47 Å². The van der Waals surface area contributed by atoms with Crippen LogP contribution >= 0.6 is 0 Å². The van der Waals surface area contributed by atoms with Crippen LogP contribution in [0.1, 0.15) is 87.8 Å². The fraction of sp³-hybridized carbons (Fsp3) is 0.419. The maximum absolute atomic E-state index is 6.36. The minimum absolute atomic E-state index is 0.108. The third kappa shape index (κ3) is 5.99. The number of hydrogen-bond acceptors (Lipinski definition) is 2. The van der Waals surface area contributed by atoms with Gasteiger partial charge in [0.2, 0.25) is 0 Å². The highest BCUT2D eigenvalue weighted by molar-refractivity contribution is 5.51. The Bertz CT molecular complexity index is 1060. The molecule has 0 radical (unpaired) electrons. The van der Waals surface area contributed by atoms with E-state index >= 15 is 0 Å². The van der Waals surface area contributed by atoms with Crippen LogP contribution in [0.2, 0.25) is 0 Å². The zero-order chi connectivity index (χ0) is 24.2. The van der Waals surface area contributed by atoms with Crippen molar-refractivity contribution >= 4 is 0 Å². The van der Waals surface area contributed by atoms with E-state index in [1.807, 2.05) is 6.92 Å². The molecule has 0 aliphatic carbocycles. The van der Waals surface area contributed by atoms with Crippen LogP contribution in [0.3, 0.4) is 0 Å². The van der Waals surface area contributed by atoms with Crippen molar-refractivity contribution in [3.8, 4) is 11.5 Å². The number of aryl methyl sites for hydroxylation is 1. The SMILES string of the molecule is CCOc1cc(C(C)(C)c2ccc(Cc3ccc(C)cc3)cc2OC(C)C)ccc1C(C)C. The highest BCUT2D eigenvalue weighted by Crippen LogP contribution is 2.41. The summed E-state index contributed by atoms with van der Waals surface area (Å²) in [6.07, 6.45) is 1.00. The van der Waals surface area contributed by atoms with Crippen molar-refractivity contribution in [3.63, 3.8) is 0 Å². The summed E-state index contributed by atoms with van der Waals surface area (Å²) in [5.74, 6) is 2.37. The van der Waals surface area contributed by atoms with Crippen LogP contribution in [0.25, 0.3) is 0 Å². The summed E-state index contributed by atoms with van der Waals surface area (Å²) < 4.78 is 12.4. The minimum Gasteiger partial charge on any atom is -0.494 e. The van der Waals surface area contributed by atoms with Crippen molar-refractivity contribution in [2.24, 2.45) is 0 Å². The molecule has 0 atom stereocenters. The maximum atomic E-state index is 6.36. The smallest absolute Gasteiger partial charge is 0.124 e. The first-order valence-electron chi connectivity index (χ1n) is 12.2. The van der Waals surface area contributed by atoms with Gasteiger partial charge in [0, 0.05) is 11.0 Å². The maximum Gasteiger partial charge on any atom is 0.124 e. The van der Waals surface area contributed by atoms with E-state index in [2.05, 4.69) is 109 Å². The molecule has 0 amide bonds. The second-order valence-electron chi connectivity index (χ2n) is 10.1. The second kappa shape index (κ2) is 10.5.